The van der Waals surface area contributed by atoms with Gasteiger partial charge >= 0.3 is 0 Å². The molecule has 0 radical (unpaired) electrons. The van der Waals surface area contributed by atoms with Crippen molar-refractivity contribution in [2.75, 3.05) is 7.11 Å². The van der Waals surface area contributed by atoms with E-state index in [1.807, 2.05) is 24.3 Å². The highest BCUT2D eigenvalue weighted by molar-refractivity contribution is 9.11. The molecule has 0 fully saturated rings. The van der Waals surface area contributed by atoms with Gasteiger partial charge in [-0.25, -0.2) is 0 Å². The largest absolute Gasteiger partial charge is 0.497 e. The fourth-order valence-corrected chi connectivity index (χ4v) is 2.56. The molecule has 5 nitrogen and oxygen atoms in total. The van der Waals surface area contributed by atoms with Crippen LogP contribution in [0, 0.1) is 10.1 Å². The quantitative estimate of drug-likeness (QED) is 0.523. The summed E-state index contributed by atoms with van der Waals surface area (Å²) in [6.45, 7) is 0.354. The van der Waals surface area contributed by atoms with E-state index in [2.05, 4.69) is 31.9 Å². The van der Waals surface area contributed by atoms with Crippen LogP contribution in [0.2, 0.25) is 0 Å². The van der Waals surface area contributed by atoms with Gasteiger partial charge in [0.1, 0.15) is 18.1 Å². The van der Waals surface area contributed by atoms with E-state index < -0.39 is 4.92 Å². The Kier molecular flexibility index (Phi) is 5.19. The number of halogens is 2. The number of nitrogens with zero attached hydrogens (tertiary/aromatic N) is 1. The van der Waals surface area contributed by atoms with Gasteiger partial charge in [-0.3, -0.25) is 10.1 Å². The topological polar surface area (TPSA) is 61.6 Å². The summed E-state index contributed by atoms with van der Waals surface area (Å²) in [6, 6.07) is 10.5. The first kappa shape index (κ1) is 15.8. The second-order valence-corrected chi connectivity index (χ2v) is 5.84. The SMILES string of the molecule is COc1ccc(COc2cc(Br)c([N+](=O)[O-])cc2Br)cc1. The van der Waals surface area contributed by atoms with Crippen LogP contribution < -0.4 is 9.47 Å². The summed E-state index contributed by atoms with van der Waals surface area (Å²) >= 11 is 6.44. The van der Waals surface area contributed by atoms with Crippen molar-refractivity contribution in [2.45, 2.75) is 6.61 Å². The molecule has 0 aliphatic rings. The lowest BCUT2D eigenvalue weighted by Gasteiger charge is -2.09. The molecule has 2 aromatic carbocycles. The lowest BCUT2D eigenvalue weighted by molar-refractivity contribution is -0.385. The fourth-order valence-electron chi connectivity index (χ4n) is 1.65. The second kappa shape index (κ2) is 6.91. The molecule has 0 atom stereocenters. The highest BCUT2D eigenvalue weighted by Gasteiger charge is 2.16. The van der Waals surface area contributed by atoms with Crippen molar-refractivity contribution in [1.82, 2.24) is 0 Å². The summed E-state index contributed by atoms with van der Waals surface area (Å²) in [6.07, 6.45) is 0. The number of rotatable bonds is 5. The zero-order valence-electron chi connectivity index (χ0n) is 11.0. The molecule has 0 unspecified atom stereocenters. The van der Waals surface area contributed by atoms with Crippen molar-refractivity contribution in [3.63, 3.8) is 0 Å². The van der Waals surface area contributed by atoms with Gasteiger partial charge in [-0.05, 0) is 49.6 Å². The van der Waals surface area contributed by atoms with Crippen molar-refractivity contribution in [3.8, 4) is 11.5 Å². The first-order chi connectivity index (χ1) is 10.0. The highest BCUT2D eigenvalue weighted by atomic mass is 79.9. The van der Waals surface area contributed by atoms with E-state index >= 15 is 0 Å². The molecule has 110 valence electrons. The molecule has 0 aliphatic carbocycles. The Bertz CT molecular complexity index is 659. The van der Waals surface area contributed by atoms with E-state index in [9.17, 15) is 10.1 Å². The average molecular weight is 417 g/mol. The number of hydrogen-bond acceptors (Lipinski definition) is 4. The predicted octanol–water partition coefficient (Wildman–Crippen LogP) is 4.71. The lowest BCUT2D eigenvalue weighted by Crippen LogP contribution is -1.97. The third kappa shape index (κ3) is 3.95. The lowest BCUT2D eigenvalue weighted by atomic mass is 10.2. The van der Waals surface area contributed by atoms with Gasteiger partial charge in [-0.1, -0.05) is 12.1 Å². The molecule has 0 bridgehead atoms. The Hall–Kier alpha value is -1.60. The van der Waals surface area contributed by atoms with Gasteiger partial charge in [-0.15, -0.1) is 0 Å². The monoisotopic (exact) mass is 415 g/mol. The molecule has 0 N–H and O–H groups in total. The molecule has 0 saturated heterocycles. The van der Waals surface area contributed by atoms with E-state index in [0.717, 1.165) is 11.3 Å². The normalized spacial score (nSPS) is 10.2. The number of nitro benzene ring substituents is 1. The Balaban J connectivity index is 2.12. The summed E-state index contributed by atoms with van der Waals surface area (Å²) < 4.78 is 11.7. The van der Waals surface area contributed by atoms with E-state index in [-0.39, 0.29) is 5.69 Å². The van der Waals surface area contributed by atoms with Gasteiger partial charge < -0.3 is 9.47 Å². The summed E-state index contributed by atoms with van der Waals surface area (Å²) in [5.74, 6) is 1.31. The van der Waals surface area contributed by atoms with Crippen LogP contribution in [0.1, 0.15) is 5.56 Å². The highest BCUT2D eigenvalue weighted by Crippen LogP contribution is 2.36. The van der Waals surface area contributed by atoms with Gasteiger partial charge in [0.25, 0.3) is 5.69 Å². The predicted molar refractivity (Wildman–Crippen MR) is 85.8 cm³/mol. The number of methoxy groups -OCH3 is 1. The number of benzene rings is 2. The first-order valence-corrected chi connectivity index (χ1v) is 7.49. The Morgan fingerprint density at radius 2 is 1.81 bits per heavy atom. The standard InChI is InChI=1S/C14H11Br2NO4/c1-20-10-4-2-9(3-5-10)8-21-14-7-11(15)13(17(18)19)6-12(14)16/h2-7H,8H2,1H3. The molecule has 0 heterocycles. The van der Waals surface area contributed by atoms with Gasteiger partial charge in [0, 0.05) is 12.1 Å². The van der Waals surface area contributed by atoms with Gasteiger partial charge in [0.05, 0.1) is 21.0 Å². The molecule has 0 aromatic heterocycles. The first-order valence-electron chi connectivity index (χ1n) is 5.90. The van der Waals surface area contributed by atoms with Crippen LogP contribution in [0.15, 0.2) is 45.3 Å². The summed E-state index contributed by atoms with van der Waals surface area (Å²) in [5, 5.41) is 10.8. The number of nitro groups is 1. The molecule has 0 spiro atoms. The van der Waals surface area contributed by atoms with Gasteiger partial charge in [-0.2, -0.15) is 0 Å². The Labute approximate surface area is 138 Å². The smallest absolute Gasteiger partial charge is 0.284 e. The fraction of sp³-hybridized carbons (Fsp3) is 0.143. The van der Waals surface area contributed by atoms with Crippen molar-refractivity contribution in [1.29, 1.82) is 0 Å². The molecule has 21 heavy (non-hydrogen) atoms. The second-order valence-electron chi connectivity index (χ2n) is 4.13. The van der Waals surface area contributed by atoms with Crippen molar-refractivity contribution >= 4 is 37.5 Å². The van der Waals surface area contributed by atoms with Crippen LogP contribution in [0.25, 0.3) is 0 Å². The molecule has 0 saturated carbocycles. The average Bonchev–Trinajstić information content (AvgIpc) is 2.48. The molecule has 0 aliphatic heterocycles. The van der Waals surface area contributed by atoms with Crippen LogP contribution in [0.5, 0.6) is 11.5 Å². The van der Waals surface area contributed by atoms with Gasteiger partial charge in [0.2, 0.25) is 0 Å². The summed E-state index contributed by atoms with van der Waals surface area (Å²) in [5.41, 5.74) is 0.954. The van der Waals surface area contributed by atoms with Crippen LogP contribution >= 0.6 is 31.9 Å². The molecule has 0 amide bonds. The van der Waals surface area contributed by atoms with Crippen molar-refractivity contribution in [3.05, 3.63) is 61.0 Å². The summed E-state index contributed by atoms with van der Waals surface area (Å²) in [7, 11) is 1.61. The van der Waals surface area contributed by atoms with E-state index in [1.54, 1.807) is 13.2 Å². The van der Waals surface area contributed by atoms with Crippen LogP contribution in [-0.2, 0) is 6.61 Å². The molecule has 2 rings (SSSR count). The molecule has 7 heteroatoms. The zero-order chi connectivity index (χ0) is 15.4. The van der Waals surface area contributed by atoms with Crippen LogP contribution in [0.3, 0.4) is 0 Å². The third-order valence-electron chi connectivity index (χ3n) is 2.75. The number of ether oxygens (including phenoxy) is 2. The minimum Gasteiger partial charge on any atom is -0.497 e. The maximum Gasteiger partial charge on any atom is 0.284 e. The minimum atomic E-state index is -0.456. The number of hydrogen-bond donors (Lipinski definition) is 0. The van der Waals surface area contributed by atoms with E-state index in [0.29, 0.717) is 21.3 Å². The molecular formula is C14H11Br2NO4. The zero-order valence-corrected chi connectivity index (χ0v) is 14.2. The van der Waals surface area contributed by atoms with E-state index in [1.165, 1.54) is 6.07 Å². The maximum atomic E-state index is 10.8. The third-order valence-corrected chi connectivity index (χ3v) is 4.01. The summed E-state index contributed by atoms with van der Waals surface area (Å²) in [4.78, 5) is 10.4. The van der Waals surface area contributed by atoms with Gasteiger partial charge in [0.15, 0.2) is 0 Å². The maximum absolute atomic E-state index is 10.8. The minimum absolute atomic E-state index is 0.0151. The van der Waals surface area contributed by atoms with Crippen molar-refractivity contribution < 1.29 is 14.4 Å². The van der Waals surface area contributed by atoms with Crippen LogP contribution in [-0.4, -0.2) is 12.0 Å². The van der Waals surface area contributed by atoms with Crippen molar-refractivity contribution in [2.24, 2.45) is 0 Å². The van der Waals surface area contributed by atoms with E-state index in [4.69, 9.17) is 9.47 Å². The Morgan fingerprint density at radius 3 is 2.38 bits per heavy atom. The van der Waals surface area contributed by atoms with Crippen LogP contribution in [0.4, 0.5) is 5.69 Å². The molecule has 2 aromatic rings. The Morgan fingerprint density at radius 1 is 1.14 bits per heavy atom. The molecular weight excluding hydrogens is 406 g/mol.